The van der Waals surface area contributed by atoms with Crippen LogP contribution in [0.5, 0.6) is 0 Å². The molecule has 0 fully saturated rings. The Morgan fingerprint density at radius 2 is 2.36 bits per heavy atom. The number of hydrogen-bond acceptors (Lipinski definition) is 6. The van der Waals surface area contributed by atoms with Gasteiger partial charge in [-0.25, -0.2) is 0 Å². The lowest BCUT2D eigenvalue weighted by atomic mass is 10.3. The fourth-order valence-corrected chi connectivity index (χ4v) is 0.927. The molecule has 1 heterocycles. The van der Waals surface area contributed by atoms with Gasteiger partial charge in [-0.3, -0.25) is 0 Å². The van der Waals surface area contributed by atoms with Gasteiger partial charge in [0.2, 0.25) is 0 Å². The Morgan fingerprint density at radius 3 is 2.93 bits per heavy atom. The third kappa shape index (κ3) is 2.76. The van der Waals surface area contributed by atoms with E-state index in [1.807, 2.05) is 6.92 Å². The van der Waals surface area contributed by atoms with Crippen LogP contribution in [0.2, 0.25) is 0 Å². The summed E-state index contributed by atoms with van der Waals surface area (Å²) >= 11 is 0. The Labute approximate surface area is 82.1 Å². The molecule has 0 spiro atoms. The van der Waals surface area contributed by atoms with Crippen molar-refractivity contribution in [2.45, 2.75) is 25.6 Å². The van der Waals surface area contributed by atoms with E-state index >= 15 is 0 Å². The summed E-state index contributed by atoms with van der Waals surface area (Å²) in [7, 11) is 1.61. The van der Waals surface area contributed by atoms with Crippen molar-refractivity contribution in [1.29, 1.82) is 0 Å². The topological polar surface area (TPSA) is 94.4 Å². The van der Waals surface area contributed by atoms with Gasteiger partial charge in [-0.15, -0.1) is 0 Å². The lowest BCUT2D eigenvalue weighted by Gasteiger charge is -2.04. The number of aliphatic hydroxyl groups excluding tert-OH is 1. The first-order valence-corrected chi connectivity index (χ1v) is 4.40. The first-order chi connectivity index (χ1) is 6.67. The van der Waals surface area contributed by atoms with Gasteiger partial charge in [-0.05, 0) is 6.92 Å². The Bertz CT molecular complexity index is 277. The number of aromatic nitrogens is 2. The van der Waals surface area contributed by atoms with E-state index in [-0.39, 0.29) is 18.5 Å². The minimum absolute atomic E-state index is 0.0236. The van der Waals surface area contributed by atoms with Gasteiger partial charge >= 0.3 is 0 Å². The zero-order chi connectivity index (χ0) is 10.6. The molecule has 6 nitrogen and oxygen atoms in total. The summed E-state index contributed by atoms with van der Waals surface area (Å²) < 4.78 is 9.86. The summed E-state index contributed by atoms with van der Waals surface area (Å²) in [6.45, 7) is 1.97. The third-order valence-electron chi connectivity index (χ3n) is 1.86. The maximum Gasteiger partial charge on any atom is 0.256 e. The van der Waals surface area contributed by atoms with Crippen molar-refractivity contribution < 1.29 is 14.4 Å². The molecule has 0 radical (unpaired) electrons. The molecule has 0 amide bonds. The molecule has 0 aliphatic heterocycles. The van der Waals surface area contributed by atoms with E-state index in [1.165, 1.54) is 0 Å². The number of hydrogen-bond donors (Lipinski definition) is 2. The highest BCUT2D eigenvalue weighted by molar-refractivity contribution is 4.91. The van der Waals surface area contributed by atoms with Crippen LogP contribution in [-0.2, 0) is 11.2 Å². The van der Waals surface area contributed by atoms with Gasteiger partial charge < -0.3 is 20.1 Å². The highest BCUT2D eigenvalue weighted by Crippen LogP contribution is 2.09. The van der Waals surface area contributed by atoms with E-state index in [9.17, 15) is 5.11 Å². The lowest BCUT2D eigenvalue weighted by molar-refractivity contribution is 0.116. The number of rotatable bonds is 5. The lowest BCUT2D eigenvalue weighted by Crippen LogP contribution is -2.12. The fraction of sp³-hybridized carbons (Fsp3) is 0.750. The van der Waals surface area contributed by atoms with Crippen LogP contribution in [0.15, 0.2) is 4.52 Å². The second kappa shape index (κ2) is 5.04. The molecule has 1 aromatic heterocycles. The van der Waals surface area contributed by atoms with Crippen LogP contribution in [0.25, 0.3) is 0 Å². The van der Waals surface area contributed by atoms with E-state index in [1.54, 1.807) is 7.11 Å². The highest BCUT2D eigenvalue weighted by Gasteiger charge is 2.15. The minimum Gasteiger partial charge on any atom is -0.382 e. The molecule has 1 aromatic rings. The first-order valence-electron chi connectivity index (χ1n) is 4.40. The second-order valence-electron chi connectivity index (χ2n) is 3.05. The molecule has 6 heteroatoms. The zero-order valence-corrected chi connectivity index (χ0v) is 8.30. The van der Waals surface area contributed by atoms with Crippen LogP contribution in [0.4, 0.5) is 0 Å². The Kier molecular flexibility index (Phi) is 3.99. The standard InChI is InChI=1S/C8H15N3O3/c1-5(13-2)3-7-10-8(14-11-7)6(12)4-9/h5-6,12H,3-4,9H2,1-2H3. The first kappa shape index (κ1) is 11.1. The molecule has 0 saturated carbocycles. The van der Waals surface area contributed by atoms with Crippen molar-refractivity contribution in [2.75, 3.05) is 13.7 Å². The average Bonchev–Trinajstić information content (AvgIpc) is 2.65. The predicted molar refractivity (Wildman–Crippen MR) is 48.5 cm³/mol. The molecule has 2 atom stereocenters. The fourth-order valence-electron chi connectivity index (χ4n) is 0.927. The van der Waals surface area contributed by atoms with E-state index in [0.717, 1.165) is 0 Å². The number of ether oxygens (including phenoxy) is 1. The molecular formula is C8H15N3O3. The van der Waals surface area contributed by atoms with Crippen LogP contribution >= 0.6 is 0 Å². The molecule has 1 rings (SSSR count). The van der Waals surface area contributed by atoms with Gasteiger partial charge in [0.15, 0.2) is 5.82 Å². The Morgan fingerprint density at radius 1 is 1.64 bits per heavy atom. The largest absolute Gasteiger partial charge is 0.382 e. The van der Waals surface area contributed by atoms with Crippen LogP contribution in [0, 0.1) is 0 Å². The van der Waals surface area contributed by atoms with Crippen LogP contribution < -0.4 is 5.73 Å². The second-order valence-corrected chi connectivity index (χ2v) is 3.05. The van der Waals surface area contributed by atoms with Gasteiger partial charge in [-0.2, -0.15) is 4.98 Å². The highest BCUT2D eigenvalue weighted by atomic mass is 16.5. The summed E-state index contributed by atoms with van der Waals surface area (Å²) in [5, 5.41) is 13.0. The zero-order valence-electron chi connectivity index (χ0n) is 8.30. The van der Waals surface area contributed by atoms with Crippen molar-refractivity contribution in [3.63, 3.8) is 0 Å². The van der Waals surface area contributed by atoms with Gasteiger partial charge in [0, 0.05) is 20.1 Å². The molecule has 0 saturated heterocycles. The predicted octanol–water partition coefficient (Wildman–Crippen LogP) is -0.361. The summed E-state index contributed by atoms with van der Waals surface area (Å²) in [5.41, 5.74) is 5.24. The monoisotopic (exact) mass is 201 g/mol. The Balaban J connectivity index is 2.59. The van der Waals surface area contributed by atoms with E-state index in [4.69, 9.17) is 15.0 Å². The van der Waals surface area contributed by atoms with E-state index in [2.05, 4.69) is 10.1 Å². The molecular weight excluding hydrogens is 186 g/mol. The molecule has 14 heavy (non-hydrogen) atoms. The van der Waals surface area contributed by atoms with Gasteiger partial charge in [0.25, 0.3) is 5.89 Å². The SMILES string of the molecule is COC(C)Cc1noc(C(O)CN)n1. The van der Waals surface area contributed by atoms with E-state index < -0.39 is 6.10 Å². The summed E-state index contributed by atoms with van der Waals surface area (Å²) in [6, 6.07) is 0. The molecule has 0 bridgehead atoms. The number of methoxy groups -OCH3 is 1. The van der Waals surface area contributed by atoms with Crippen molar-refractivity contribution in [3.8, 4) is 0 Å². The smallest absolute Gasteiger partial charge is 0.256 e. The van der Waals surface area contributed by atoms with E-state index in [0.29, 0.717) is 12.2 Å². The Hall–Kier alpha value is -0.980. The molecule has 0 aliphatic rings. The van der Waals surface area contributed by atoms with Crippen LogP contribution in [-0.4, -0.2) is 35.0 Å². The number of nitrogens with two attached hydrogens (primary N) is 1. The van der Waals surface area contributed by atoms with Crippen molar-refractivity contribution in [1.82, 2.24) is 10.1 Å². The van der Waals surface area contributed by atoms with Gasteiger partial charge in [0.05, 0.1) is 6.10 Å². The molecule has 80 valence electrons. The summed E-state index contributed by atoms with van der Waals surface area (Å²) in [4.78, 5) is 3.98. The average molecular weight is 201 g/mol. The minimum atomic E-state index is -0.880. The molecule has 3 N–H and O–H groups in total. The van der Waals surface area contributed by atoms with Crippen LogP contribution in [0.3, 0.4) is 0 Å². The van der Waals surface area contributed by atoms with Gasteiger partial charge in [0.1, 0.15) is 6.10 Å². The molecule has 0 aromatic carbocycles. The summed E-state index contributed by atoms with van der Waals surface area (Å²) in [6.07, 6.45) is -0.304. The van der Waals surface area contributed by atoms with Crippen LogP contribution in [0.1, 0.15) is 24.7 Å². The number of nitrogens with zero attached hydrogens (tertiary/aromatic N) is 2. The quantitative estimate of drug-likeness (QED) is 0.675. The third-order valence-corrected chi connectivity index (χ3v) is 1.86. The van der Waals surface area contributed by atoms with Crippen molar-refractivity contribution >= 4 is 0 Å². The summed E-state index contributed by atoms with van der Waals surface area (Å²) in [5.74, 6) is 0.674. The number of aliphatic hydroxyl groups is 1. The van der Waals surface area contributed by atoms with Gasteiger partial charge in [-0.1, -0.05) is 5.16 Å². The normalized spacial score (nSPS) is 15.4. The maximum absolute atomic E-state index is 9.28. The van der Waals surface area contributed by atoms with Crippen molar-refractivity contribution in [3.05, 3.63) is 11.7 Å². The maximum atomic E-state index is 9.28. The van der Waals surface area contributed by atoms with Crippen molar-refractivity contribution in [2.24, 2.45) is 5.73 Å². The molecule has 2 unspecified atom stereocenters. The molecule has 0 aliphatic carbocycles.